The van der Waals surface area contributed by atoms with Crippen LogP contribution in [0.15, 0.2) is 35.8 Å². The van der Waals surface area contributed by atoms with E-state index < -0.39 is 23.6 Å². The lowest BCUT2D eigenvalue weighted by Gasteiger charge is -2.42. The molecule has 3 aliphatic heterocycles. The average molecular weight is 592 g/mol. The first-order valence-electron chi connectivity index (χ1n) is 14.1. The van der Waals surface area contributed by atoms with Crippen LogP contribution in [-0.2, 0) is 17.8 Å². The SMILES string of the molecule is C=CC(=O)N1CCN(c2nc(OC[C@H]3CCCN3C)nc3c2CCN(C(=C/C)/C(=C(\C)F)C(F)(F)F)C3)C[C@@H]1CC#N. The third-order valence-electron chi connectivity index (χ3n) is 8.16. The van der Waals surface area contributed by atoms with Crippen molar-refractivity contribution < 1.29 is 27.1 Å². The van der Waals surface area contributed by atoms with E-state index in [0.29, 0.717) is 44.2 Å². The van der Waals surface area contributed by atoms with Crippen molar-refractivity contribution in [2.75, 3.05) is 51.3 Å². The molecule has 1 aromatic rings. The number of carbonyl (C=O) groups is 1. The summed E-state index contributed by atoms with van der Waals surface area (Å²) in [4.78, 5) is 29.1. The summed E-state index contributed by atoms with van der Waals surface area (Å²) in [5, 5.41) is 9.42. The first-order valence-corrected chi connectivity index (χ1v) is 14.1. The molecule has 0 saturated carbocycles. The summed E-state index contributed by atoms with van der Waals surface area (Å²) in [7, 11) is 2.02. The van der Waals surface area contributed by atoms with Gasteiger partial charge in [-0.15, -0.1) is 0 Å². The predicted molar refractivity (Wildman–Crippen MR) is 149 cm³/mol. The van der Waals surface area contributed by atoms with Crippen LogP contribution in [0.25, 0.3) is 0 Å². The summed E-state index contributed by atoms with van der Waals surface area (Å²) in [6, 6.07) is 2.06. The number of nitriles is 1. The number of hydrogen-bond acceptors (Lipinski definition) is 8. The highest BCUT2D eigenvalue weighted by Gasteiger charge is 2.41. The van der Waals surface area contributed by atoms with Crippen LogP contribution >= 0.6 is 0 Å². The molecule has 0 spiro atoms. The fourth-order valence-corrected chi connectivity index (χ4v) is 6.02. The first-order chi connectivity index (χ1) is 20.0. The smallest absolute Gasteiger partial charge is 0.420 e. The Labute approximate surface area is 243 Å². The van der Waals surface area contributed by atoms with Gasteiger partial charge in [0.2, 0.25) is 5.91 Å². The number of amides is 1. The molecule has 2 fully saturated rings. The molecule has 0 aromatic carbocycles. The van der Waals surface area contributed by atoms with Crippen molar-refractivity contribution in [1.82, 2.24) is 24.7 Å². The van der Waals surface area contributed by atoms with Gasteiger partial charge in [-0.25, -0.2) is 4.39 Å². The Balaban J connectivity index is 1.69. The quantitative estimate of drug-likeness (QED) is 0.253. The normalized spacial score (nSPS) is 22.4. The van der Waals surface area contributed by atoms with E-state index in [9.17, 15) is 27.6 Å². The molecule has 2 saturated heterocycles. The maximum Gasteiger partial charge on any atom is 0.420 e. The molecular weight excluding hydrogens is 554 g/mol. The molecule has 4 rings (SSSR count). The van der Waals surface area contributed by atoms with Crippen molar-refractivity contribution in [1.29, 1.82) is 5.26 Å². The lowest BCUT2D eigenvalue weighted by atomic mass is 10.0. The van der Waals surface area contributed by atoms with Crippen LogP contribution in [0, 0.1) is 11.3 Å². The van der Waals surface area contributed by atoms with Crippen molar-refractivity contribution in [3.05, 3.63) is 47.1 Å². The van der Waals surface area contributed by atoms with Gasteiger partial charge in [-0.2, -0.15) is 28.4 Å². The highest BCUT2D eigenvalue weighted by molar-refractivity contribution is 5.87. The summed E-state index contributed by atoms with van der Waals surface area (Å²) in [6.45, 7) is 8.48. The van der Waals surface area contributed by atoms with Gasteiger partial charge in [0.1, 0.15) is 23.8 Å². The molecule has 1 amide bonds. The number of likely N-dealkylation sites (N-methyl/N-ethyl adjacent to an activating group) is 1. The maximum atomic E-state index is 14.2. The van der Waals surface area contributed by atoms with Crippen LogP contribution in [0.1, 0.15) is 44.4 Å². The van der Waals surface area contributed by atoms with Crippen LogP contribution in [0.3, 0.4) is 0 Å². The monoisotopic (exact) mass is 591 g/mol. The number of rotatable bonds is 8. The number of fused-ring (bicyclic) bond motifs is 1. The van der Waals surface area contributed by atoms with Crippen LogP contribution in [0.5, 0.6) is 6.01 Å². The number of carbonyl (C=O) groups excluding carboxylic acids is 1. The second-order valence-corrected chi connectivity index (χ2v) is 10.8. The Morgan fingerprint density at radius 1 is 1.21 bits per heavy atom. The largest absolute Gasteiger partial charge is 0.462 e. The lowest BCUT2D eigenvalue weighted by molar-refractivity contribution is -0.128. The molecule has 3 aliphatic rings. The summed E-state index contributed by atoms with van der Waals surface area (Å²) in [5.74, 6) is -0.973. The van der Waals surface area contributed by atoms with Gasteiger partial charge in [0.25, 0.3) is 0 Å². The Morgan fingerprint density at radius 3 is 2.57 bits per heavy atom. The minimum atomic E-state index is -4.86. The number of allylic oxidation sites excluding steroid dienone is 3. The molecule has 0 radical (unpaired) electrons. The molecule has 2 atom stereocenters. The molecule has 4 heterocycles. The summed E-state index contributed by atoms with van der Waals surface area (Å²) < 4.78 is 61.8. The van der Waals surface area contributed by atoms with Gasteiger partial charge in [0.15, 0.2) is 0 Å². The number of anilines is 1. The molecule has 228 valence electrons. The number of piperazine rings is 1. The van der Waals surface area contributed by atoms with Crippen molar-refractivity contribution in [2.45, 2.75) is 64.3 Å². The molecule has 13 heteroatoms. The van der Waals surface area contributed by atoms with E-state index >= 15 is 0 Å². The Kier molecular flexibility index (Phi) is 9.76. The summed E-state index contributed by atoms with van der Waals surface area (Å²) >= 11 is 0. The van der Waals surface area contributed by atoms with Crippen molar-refractivity contribution in [2.24, 2.45) is 0 Å². The van der Waals surface area contributed by atoms with Gasteiger partial charge in [0.05, 0.1) is 30.8 Å². The molecule has 0 N–H and O–H groups in total. The number of likely N-dealkylation sites (tertiary alicyclic amines) is 1. The number of hydrogen-bond donors (Lipinski definition) is 0. The molecule has 42 heavy (non-hydrogen) atoms. The van der Waals surface area contributed by atoms with Crippen LogP contribution < -0.4 is 9.64 Å². The van der Waals surface area contributed by atoms with Crippen molar-refractivity contribution in [3.8, 4) is 12.1 Å². The predicted octanol–water partition coefficient (Wildman–Crippen LogP) is 4.13. The molecule has 0 unspecified atom stereocenters. The zero-order valence-corrected chi connectivity index (χ0v) is 24.3. The lowest BCUT2D eigenvalue weighted by Crippen LogP contribution is -2.55. The Morgan fingerprint density at radius 2 is 1.98 bits per heavy atom. The maximum absolute atomic E-state index is 14.2. The topological polar surface area (TPSA) is 88.8 Å². The number of nitrogens with zero attached hydrogens (tertiary/aromatic N) is 7. The summed E-state index contributed by atoms with van der Waals surface area (Å²) in [6.07, 6.45) is 0.101. The molecular formula is C29H37F4N7O2. The van der Waals surface area contributed by atoms with E-state index in [0.717, 1.165) is 31.9 Å². The van der Waals surface area contributed by atoms with Crippen LogP contribution in [0.2, 0.25) is 0 Å². The zero-order chi connectivity index (χ0) is 30.6. The highest BCUT2D eigenvalue weighted by Crippen LogP contribution is 2.39. The van der Waals surface area contributed by atoms with Gasteiger partial charge in [-0.3, -0.25) is 4.79 Å². The van der Waals surface area contributed by atoms with E-state index in [4.69, 9.17) is 9.72 Å². The number of ether oxygens (including phenoxy) is 1. The van der Waals surface area contributed by atoms with Gasteiger partial charge < -0.3 is 24.3 Å². The van der Waals surface area contributed by atoms with Crippen LogP contribution in [-0.4, -0.2) is 95.2 Å². The summed E-state index contributed by atoms with van der Waals surface area (Å²) in [5.41, 5.74) is -0.277. The fraction of sp³-hybridized carbons (Fsp3) is 0.586. The van der Waals surface area contributed by atoms with Gasteiger partial charge in [-0.05, 0) is 52.8 Å². The van der Waals surface area contributed by atoms with E-state index in [1.54, 1.807) is 4.90 Å². The van der Waals surface area contributed by atoms with E-state index in [2.05, 4.69) is 22.5 Å². The van der Waals surface area contributed by atoms with Gasteiger partial charge in [0, 0.05) is 43.5 Å². The van der Waals surface area contributed by atoms with E-state index in [1.165, 1.54) is 24.0 Å². The molecule has 9 nitrogen and oxygen atoms in total. The highest BCUT2D eigenvalue weighted by atomic mass is 19.4. The Hall–Kier alpha value is -3.66. The number of aromatic nitrogens is 2. The number of alkyl halides is 3. The third-order valence-corrected chi connectivity index (χ3v) is 8.16. The van der Waals surface area contributed by atoms with Crippen molar-refractivity contribution >= 4 is 11.7 Å². The van der Waals surface area contributed by atoms with Crippen molar-refractivity contribution in [3.63, 3.8) is 0 Å². The first kappa shape index (κ1) is 31.3. The second kappa shape index (κ2) is 13.1. The molecule has 0 aliphatic carbocycles. The fourth-order valence-electron chi connectivity index (χ4n) is 6.02. The van der Waals surface area contributed by atoms with Gasteiger partial charge >= 0.3 is 12.2 Å². The van der Waals surface area contributed by atoms with E-state index in [1.807, 2.05) is 11.9 Å². The zero-order valence-electron chi connectivity index (χ0n) is 24.3. The second-order valence-electron chi connectivity index (χ2n) is 10.8. The molecule has 1 aromatic heterocycles. The molecule has 0 bridgehead atoms. The minimum Gasteiger partial charge on any atom is -0.462 e. The Bertz CT molecular complexity index is 1290. The van der Waals surface area contributed by atoms with E-state index in [-0.39, 0.29) is 43.2 Å². The average Bonchev–Trinajstić information content (AvgIpc) is 3.37. The van der Waals surface area contributed by atoms with Gasteiger partial charge in [-0.1, -0.05) is 12.7 Å². The number of halogens is 4. The minimum absolute atomic E-state index is 0.00756. The third kappa shape index (κ3) is 6.69. The standard InChI is InChI=1S/C29H37F4N7O2/c1-5-24(26(19(3)30)29(31,32)33)38-13-10-22-23(17-38)35-28(42-18-21-8-7-12-37(21)4)36-27(22)39-14-15-40(25(41)6-2)20(16-39)9-11-34/h5-6,20-21H,2,7-10,12-18H2,1,3-4H3/b24-5+,26-19-/t20-,21+/m0/s1. The van der Waals surface area contributed by atoms with Crippen LogP contribution in [0.4, 0.5) is 23.4 Å².